The first-order chi connectivity index (χ1) is 12.3. The number of nitrogens with zero attached hydrogens (tertiary/aromatic N) is 3. The molecular weight excluding hydrogens is 314 g/mol. The Morgan fingerprint density at radius 1 is 1.16 bits per heavy atom. The third kappa shape index (κ3) is 2.29. The number of likely N-dealkylation sites (tertiary alicyclic amines) is 1. The summed E-state index contributed by atoms with van der Waals surface area (Å²) in [6.45, 7) is 5.42. The van der Waals surface area contributed by atoms with Crippen molar-refractivity contribution < 1.29 is 9.15 Å². The van der Waals surface area contributed by atoms with Gasteiger partial charge in [-0.2, -0.15) is 5.10 Å². The lowest BCUT2D eigenvalue weighted by Gasteiger charge is -2.51. The van der Waals surface area contributed by atoms with E-state index in [1.807, 2.05) is 12.1 Å². The molecule has 3 aliphatic heterocycles. The quantitative estimate of drug-likeness (QED) is 0.839. The number of fused-ring (bicyclic) bond motifs is 4. The second-order valence-electron chi connectivity index (χ2n) is 7.11. The largest absolute Gasteiger partial charge is 0.466 e. The normalized spacial score (nSPS) is 24.6. The Balaban J connectivity index is 1.56. The van der Waals surface area contributed by atoms with E-state index in [2.05, 4.69) is 41.1 Å². The minimum absolute atomic E-state index is 0.234. The van der Waals surface area contributed by atoms with Gasteiger partial charge < -0.3 is 14.1 Å². The Morgan fingerprint density at radius 2 is 2.00 bits per heavy atom. The summed E-state index contributed by atoms with van der Waals surface area (Å²) in [5.41, 5.74) is 1.92. The molecule has 1 spiro atoms. The number of rotatable bonds is 2. The molecule has 5 heteroatoms. The fourth-order valence-corrected chi connectivity index (χ4v) is 4.37. The standard InChI is InChI=1S/C20H23N3O2/c1-2-22-11-9-20(10-12-22)23-17(15-6-3-4-7-18(15)25-20)14-16(21-23)19-8-5-13-24-19/h3-8,13,17H,2,9-12,14H2,1H3/t17-/m1/s1. The lowest BCUT2D eigenvalue weighted by molar-refractivity contribution is -0.149. The molecule has 5 rings (SSSR count). The van der Waals surface area contributed by atoms with Gasteiger partial charge in [-0.1, -0.05) is 25.1 Å². The van der Waals surface area contributed by atoms with Crippen molar-refractivity contribution in [3.63, 3.8) is 0 Å². The van der Waals surface area contributed by atoms with Crippen LogP contribution in [-0.2, 0) is 0 Å². The molecule has 0 N–H and O–H groups in total. The fourth-order valence-electron chi connectivity index (χ4n) is 4.37. The lowest BCUT2D eigenvalue weighted by Crippen LogP contribution is -2.59. The fraction of sp³-hybridized carbons (Fsp3) is 0.450. The van der Waals surface area contributed by atoms with Crippen LogP contribution in [0.15, 0.2) is 52.2 Å². The van der Waals surface area contributed by atoms with Crippen LogP contribution in [0.25, 0.3) is 0 Å². The molecule has 1 atom stereocenters. The summed E-state index contributed by atoms with van der Waals surface area (Å²) in [5.74, 6) is 1.89. The molecule has 3 aliphatic rings. The van der Waals surface area contributed by atoms with Gasteiger partial charge in [0.1, 0.15) is 17.2 Å². The first-order valence-electron chi connectivity index (χ1n) is 9.20. The highest BCUT2D eigenvalue weighted by Crippen LogP contribution is 2.49. The molecule has 0 unspecified atom stereocenters. The number of furan rings is 1. The van der Waals surface area contributed by atoms with Gasteiger partial charge in [-0.25, -0.2) is 5.01 Å². The van der Waals surface area contributed by atoms with E-state index in [-0.39, 0.29) is 11.8 Å². The molecule has 130 valence electrons. The monoisotopic (exact) mass is 337 g/mol. The van der Waals surface area contributed by atoms with E-state index >= 15 is 0 Å². The molecule has 0 radical (unpaired) electrons. The molecule has 1 aromatic carbocycles. The van der Waals surface area contributed by atoms with Crippen molar-refractivity contribution in [3.8, 4) is 5.75 Å². The van der Waals surface area contributed by atoms with Crippen LogP contribution in [0.5, 0.6) is 5.75 Å². The van der Waals surface area contributed by atoms with Gasteiger partial charge in [0, 0.05) is 37.9 Å². The average molecular weight is 337 g/mol. The summed E-state index contributed by atoms with van der Waals surface area (Å²) >= 11 is 0. The van der Waals surface area contributed by atoms with Crippen molar-refractivity contribution in [2.75, 3.05) is 19.6 Å². The van der Waals surface area contributed by atoms with E-state index in [9.17, 15) is 0 Å². The number of hydrogen-bond donors (Lipinski definition) is 0. The van der Waals surface area contributed by atoms with Gasteiger partial charge in [0.05, 0.1) is 12.3 Å². The second kappa shape index (κ2) is 5.63. The van der Waals surface area contributed by atoms with Gasteiger partial charge in [-0.15, -0.1) is 0 Å². The number of ether oxygens (including phenoxy) is 1. The van der Waals surface area contributed by atoms with E-state index in [4.69, 9.17) is 14.3 Å². The summed E-state index contributed by atoms with van der Waals surface area (Å²) in [7, 11) is 0. The van der Waals surface area contributed by atoms with E-state index in [1.165, 1.54) is 5.56 Å². The van der Waals surface area contributed by atoms with Crippen LogP contribution in [0.4, 0.5) is 0 Å². The van der Waals surface area contributed by atoms with E-state index in [1.54, 1.807) is 6.26 Å². The van der Waals surface area contributed by atoms with Crippen molar-refractivity contribution in [1.82, 2.24) is 9.91 Å². The van der Waals surface area contributed by atoms with Crippen LogP contribution in [-0.4, -0.2) is 41.0 Å². The molecule has 0 saturated carbocycles. The van der Waals surface area contributed by atoms with Crippen LogP contribution in [0.2, 0.25) is 0 Å². The van der Waals surface area contributed by atoms with E-state index in [0.29, 0.717) is 0 Å². The van der Waals surface area contributed by atoms with Gasteiger partial charge in [0.2, 0.25) is 5.72 Å². The molecule has 5 nitrogen and oxygen atoms in total. The van der Waals surface area contributed by atoms with E-state index < -0.39 is 0 Å². The SMILES string of the molecule is CCN1CCC2(CC1)Oc1ccccc1[C@H]1CC(c3ccco3)=NN12. The highest BCUT2D eigenvalue weighted by molar-refractivity contribution is 5.99. The minimum atomic E-state index is -0.334. The maximum atomic E-state index is 6.59. The van der Waals surface area contributed by atoms with Gasteiger partial charge in [-0.3, -0.25) is 0 Å². The van der Waals surface area contributed by atoms with Gasteiger partial charge in [0.15, 0.2) is 0 Å². The van der Waals surface area contributed by atoms with Crippen molar-refractivity contribution in [3.05, 3.63) is 54.0 Å². The topological polar surface area (TPSA) is 41.2 Å². The number of hydrogen-bond acceptors (Lipinski definition) is 5. The third-order valence-electron chi connectivity index (χ3n) is 5.80. The molecule has 0 bridgehead atoms. The number of piperidine rings is 1. The Hall–Kier alpha value is -2.27. The Bertz CT molecular complexity index is 791. The highest BCUT2D eigenvalue weighted by Gasteiger charge is 2.51. The van der Waals surface area contributed by atoms with Gasteiger partial charge >= 0.3 is 0 Å². The van der Waals surface area contributed by atoms with E-state index in [0.717, 1.165) is 56.1 Å². The predicted octanol–water partition coefficient (Wildman–Crippen LogP) is 3.64. The molecule has 4 heterocycles. The summed E-state index contributed by atoms with van der Waals surface area (Å²) in [6, 6.07) is 12.6. The van der Waals surface area contributed by atoms with Crippen LogP contribution >= 0.6 is 0 Å². The van der Waals surface area contributed by atoms with Crippen molar-refractivity contribution >= 4 is 5.71 Å². The summed E-state index contributed by atoms with van der Waals surface area (Å²) in [6.07, 6.45) is 4.53. The molecule has 0 aliphatic carbocycles. The Labute approximate surface area is 147 Å². The Morgan fingerprint density at radius 3 is 2.76 bits per heavy atom. The second-order valence-corrected chi connectivity index (χ2v) is 7.11. The first kappa shape index (κ1) is 15.0. The zero-order valence-corrected chi connectivity index (χ0v) is 14.5. The van der Waals surface area contributed by atoms with Crippen LogP contribution < -0.4 is 4.74 Å². The Kier molecular flexibility index (Phi) is 3.38. The molecule has 1 aromatic heterocycles. The van der Waals surface area contributed by atoms with Gasteiger partial charge in [0.25, 0.3) is 0 Å². The molecule has 0 amide bonds. The summed E-state index contributed by atoms with van der Waals surface area (Å²) in [5, 5.41) is 7.23. The van der Waals surface area contributed by atoms with Crippen molar-refractivity contribution in [2.45, 2.75) is 38.0 Å². The van der Waals surface area contributed by atoms with Crippen LogP contribution in [0.1, 0.15) is 43.6 Å². The smallest absolute Gasteiger partial charge is 0.200 e. The maximum Gasteiger partial charge on any atom is 0.200 e. The highest BCUT2D eigenvalue weighted by atomic mass is 16.5. The molecule has 2 aromatic rings. The van der Waals surface area contributed by atoms with Crippen LogP contribution in [0.3, 0.4) is 0 Å². The third-order valence-corrected chi connectivity index (χ3v) is 5.80. The van der Waals surface area contributed by atoms with Gasteiger partial charge in [-0.05, 0) is 24.7 Å². The predicted molar refractivity (Wildman–Crippen MR) is 95.6 cm³/mol. The molecular formula is C20H23N3O2. The summed E-state index contributed by atoms with van der Waals surface area (Å²) < 4.78 is 12.2. The lowest BCUT2D eigenvalue weighted by atomic mass is 9.91. The van der Waals surface area contributed by atoms with Crippen molar-refractivity contribution in [2.24, 2.45) is 5.10 Å². The van der Waals surface area contributed by atoms with Crippen LogP contribution in [0, 0.1) is 0 Å². The zero-order valence-electron chi connectivity index (χ0n) is 14.5. The minimum Gasteiger partial charge on any atom is -0.466 e. The number of hydrazone groups is 1. The number of benzene rings is 1. The molecule has 25 heavy (non-hydrogen) atoms. The summed E-state index contributed by atoms with van der Waals surface area (Å²) in [4.78, 5) is 2.48. The molecule has 1 saturated heterocycles. The number of para-hydroxylation sites is 1. The zero-order chi connectivity index (χ0) is 16.9. The average Bonchev–Trinajstić information content (AvgIpc) is 3.33. The van der Waals surface area contributed by atoms with Crippen molar-refractivity contribution in [1.29, 1.82) is 0 Å². The first-order valence-corrected chi connectivity index (χ1v) is 9.20. The maximum absolute atomic E-state index is 6.59. The molecule has 1 fully saturated rings.